The maximum Gasteiger partial charge on any atom is 0.222 e. The highest BCUT2D eigenvalue weighted by Gasteiger charge is 2.21. The first-order valence-corrected chi connectivity index (χ1v) is 10.2. The Morgan fingerprint density at radius 1 is 1.00 bits per heavy atom. The Labute approximate surface area is 148 Å². The van der Waals surface area contributed by atoms with Crippen molar-refractivity contribution >= 4 is 32.4 Å². The molecule has 0 spiro atoms. The van der Waals surface area contributed by atoms with Crippen molar-refractivity contribution < 1.29 is 13.2 Å². The highest BCUT2D eigenvalue weighted by atomic mass is 32.2. The van der Waals surface area contributed by atoms with Crippen molar-refractivity contribution in [1.29, 1.82) is 0 Å². The van der Waals surface area contributed by atoms with Crippen molar-refractivity contribution in [2.75, 3.05) is 36.8 Å². The van der Waals surface area contributed by atoms with Crippen LogP contribution in [0.25, 0.3) is 10.8 Å². The van der Waals surface area contributed by atoms with Gasteiger partial charge in [0.1, 0.15) is 0 Å². The number of benzene rings is 2. The number of primary sulfonamides is 1. The van der Waals surface area contributed by atoms with Crippen LogP contribution in [0.1, 0.15) is 12.8 Å². The quantitative estimate of drug-likeness (QED) is 0.876. The fraction of sp³-hybridized carbons (Fsp3) is 0.389. The Kier molecular flexibility index (Phi) is 5.24. The van der Waals surface area contributed by atoms with Crippen LogP contribution in [0.2, 0.25) is 0 Å². The van der Waals surface area contributed by atoms with Gasteiger partial charge in [0.05, 0.1) is 5.75 Å². The van der Waals surface area contributed by atoms with E-state index in [-0.39, 0.29) is 24.5 Å². The molecule has 1 amide bonds. The largest absolute Gasteiger partial charge is 0.368 e. The lowest BCUT2D eigenvalue weighted by molar-refractivity contribution is -0.131. The van der Waals surface area contributed by atoms with Crippen LogP contribution >= 0.6 is 0 Å². The molecule has 1 heterocycles. The Hall–Kier alpha value is -2.12. The van der Waals surface area contributed by atoms with E-state index in [4.69, 9.17) is 5.14 Å². The third-order valence-electron chi connectivity index (χ3n) is 4.55. The van der Waals surface area contributed by atoms with Gasteiger partial charge in [0, 0.05) is 38.3 Å². The second-order valence-electron chi connectivity index (χ2n) is 6.37. The van der Waals surface area contributed by atoms with Crippen LogP contribution in [0.4, 0.5) is 5.69 Å². The predicted molar refractivity (Wildman–Crippen MR) is 99.9 cm³/mol. The van der Waals surface area contributed by atoms with Crippen molar-refractivity contribution in [1.82, 2.24) is 4.90 Å². The maximum atomic E-state index is 12.2. The second kappa shape index (κ2) is 7.41. The molecule has 0 atom stereocenters. The Morgan fingerprint density at radius 2 is 1.68 bits per heavy atom. The second-order valence-corrected chi connectivity index (χ2v) is 8.10. The van der Waals surface area contributed by atoms with E-state index in [9.17, 15) is 13.2 Å². The number of piperazine rings is 1. The lowest BCUT2D eigenvalue weighted by atomic mass is 10.1. The minimum absolute atomic E-state index is 0.00168. The first-order valence-electron chi connectivity index (χ1n) is 8.44. The summed E-state index contributed by atoms with van der Waals surface area (Å²) in [5.41, 5.74) is 1.17. The van der Waals surface area contributed by atoms with Crippen molar-refractivity contribution in [3.05, 3.63) is 42.5 Å². The molecular weight excluding hydrogens is 338 g/mol. The van der Waals surface area contributed by atoms with E-state index in [1.165, 1.54) is 16.5 Å². The van der Waals surface area contributed by atoms with Crippen molar-refractivity contribution in [3.8, 4) is 0 Å². The van der Waals surface area contributed by atoms with E-state index < -0.39 is 10.0 Å². The smallest absolute Gasteiger partial charge is 0.222 e. The number of amides is 1. The molecule has 1 saturated heterocycles. The predicted octanol–water partition coefficient (Wildman–Crippen LogP) is 1.56. The standard InChI is InChI=1S/C18H23N3O3S/c19-25(23,24)13-3-6-18(22)21-11-9-20(10-12-21)17-8-7-15-4-1-2-5-16(15)14-17/h1-2,4-5,7-8,14H,3,6,9-13H2,(H2,19,23,24). The van der Waals surface area contributed by atoms with Crippen molar-refractivity contribution in [2.24, 2.45) is 5.14 Å². The molecule has 1 fully saturated rings. The van der Waals surface area contributed by atoms with Gasteiger partial charge in [0.25, 0.3) is 0 Å². The molecule has 0 unspecified atom stereocenters. The molecule has 1 aliphatic rings. The molecule has 6 nitrogen and oxygen atoms in total. The molecule has 2 aromatic rings. The van der Waals surface area contributed by atoms with Gasteiger partial charge in [-0.05, 0) is 29.3 Å². The molecule has 0 saturated carbocycles. The first kappa shape index (κ1) is 17.7. The van der Waals surface area contributed by atoms with Crippen LogP contribution < -0.4 is 10.0 Å². The normalized spacial score (nSPS) is 15.6. The molecule has 0 radical (unpaired) electrons. The van der Waals surface area contributed by atoms with Crippen LogP contribution in [0, 0.1) is 0 Å². The molecule has 0 aliphatic carbocycles. The number of sulfonamides is 1. The zero-order chi connectivity index (χ0) is 17.9. The van der Waals surface area contributed by atoms with Crippen LogP contribution in [0.3, 0.4) is 0 Å². The molecule has 0 aromatic heterocycles. The summed E-state index contributed by atoms with van der Waals surface area (Å²) in [6.07, 6.45) is 0.509. The number of hydrogen-bond donors (Lipinski definition) is 1. The maximum absolute atomic E-state index is 12.2. The third kappa shape index (κ3) is 4.70. The number of fused-ring (bicyclic) bond motifs is 1. The Balaban J connectivity index is 1.54. The summed E-state index contributed by atoms with van der Waals surface area (Å²) < 4.78 is 21.9. The molecule has 2 N–H and O–H groups in total. The number of carbonyl (C=O) groups is 1. The van der Waals surface area contributed by atoms with Gasteiger partial charge in [-0.3, -0.25) is 4.79 Å². The first-order chi connectivity index (χ1) is 11.9. The number of hydrogen-bond acceptors (Lipinski definition) is 4. The summed E-state index contributed by atoms with van der Waals surface area (Å²) in [7, 11) is -3.49. The average Bonchev–Trinajstić information content (AvgIpc) is 2.60. The summed E-state index contributed by atoms with van der Waals surface area (Å²) in [5, 5.41) is 7.39. The number of carbonyl (C=O) groups excluding carboxylic acids is 1. The monoisotopic (exact) mass is 361 g/mol. The molecule has 7 heteroatoms. The van der Waals surface area contributed by atoms with Gasteiger partial charge in [0.2, 0.25) is 15.9 Å². The van der Waals surface area contributed by atoms with E-state index in [2.05, 4.69) is 35.2 Å². The lowest BCUT2D eigenvalue weighted by Gasteiger charge is -2.36. The summed E-state index contributed by atoms with van der Waals surface area (Å²) in [4.78, 5) is 16.3. The fourth-order valence-electron chi connectivity index (χ4n) is 3.17. The van der Waals surface area contributed by atoms with Gasteiger partial charge < -0.3 is 9.80 Å². The Morgan fingerprint density at radius 3 is 2.36 bits per heavy atom. The number of rotatable bonds is 5. The molecule has 25 heavy (non-hydrogen) atoms. The average molecular weight is 361 g/mol. The zero-order valence-corrected chi connectivity index (χ0v) is 14.9. The van der Waals surface area contributed by atoms with Crippen LogP contribution in [0.5, 0.6) is 0 Å². The van der Waals surface area contributed by atoms with Gasteiger partial charge in [-0.2, -0.15) is 0 Å². The number of anilines is 1. The summed E-state index contributed by atoms with van der Waals surface area (Å²) in [6.45, 7) is 2.86. The van der Waals surface area contributed by atoms with Gasteiger partial charge in [-0.25, -0.2) is 13.6 Å². The highest BCUT2D eigenvalue weighted by Crippen LogP contribution is 2.23. The van der Waals surface area contributed by atoms with Crippen molar-refractivity contribution in [3.63, 3.8) is 0 Å². The summed E-state index contributed by atoms with van der Waals surface area (Å²) in [6, 6.07) is 14.7. The lowest BCUT2D eigenvalue weighted by Crippen LogP contribution is -2.48. The van der Waals surface area contributed by atoms with E-state index in [0.717, 1.165) is 13.1 Å². The summed E-state index contributed by atoms with van der Waals surface area (Å²) in [5.74, 6) is -0.141. The number of nitrogens with two attached hydrogens (primary N) is 1. The SMILES string of the molecule is NS(=O)(=O)CCCC(=O)N1CCN(c2ccc3ccccc3c2)CC1. The molecule has 0 bridgehead atoms. The molecule has 1 aliphatic heterocycles. The Bertz CT molecular complexity index is 859. The van der Waals surface area contributed by atoms with Gasteiger partial charge in [-0.1, -0.05) is 30.3 Å². The van der Waals surface area contributed by atoms with Crippen LogP contribution in [-0.2, 0) is 14.8 Å². The number of nitrogens with zero attached hydrogens (tertiary/aromatic N) is 2. The minimum atomic E-state index is -3.49. The minimum Gasteiger partial charge on any atom is -0.368 e. The molecule has 2 aromatic carbocycles. The van der Waals surface area contributed by atoms with Gasteiger partial charge >= 0.3 is 0 Å². The molecular formula is C18H23N3O3S. The summed E-state index contributed by atoms with van der Waals surface area (Å²) >= 11 is 0. The van der Waals surface area contributed by atoms with Crippen molar-refractivity contribution in [2.45, 2.75) is 12.8 Å². The topological polar surface area (TPSA) is 83.7 Å². The third-order valence-corrected chi connectivity index (χ3v) is 5.41. The molecule has 134 valence electrons. The van der Waals surface area contributed by atoms with Gasteiger partial charge in [-0.15, -0.1) is 0 Å². The van der Waals surface area contributed by atoms with E-state index in [0.29, 0.717) is 13.1 Å². The highest BCUT2D eigenvalue weighted by molar-refractivity contribution is 7.89. The van der Waals surface area contributed by atoms with Gasteiger partial charge in [0.15, 0.2) is 0 Å². The van der Waals surface area contributed by atoms with Crippen LogP contribution in [0.15, 0.2) is 42.5 Å². The zero-order valence-electron chi connectivity index (χ0n) is 14.1. The fourth-order valence-corrected chi connectivity index (χ4v) is 3.72. The van der Waals surface area contributed by atoms with E-state index in [1.807, 2.05) is 12.1 Å². The molecule has 3 rings (SSSR count). The van der Waals surface area contributed by atoms with Crippen LogP contribution in [-0.4, -0.2) is 51.2 Å². The van der Waals surface area contributed by atoms with E-state index in [1.54, 1.807) is 4.90 Å². The van der Waals surface area contributed by atoms with E-state index >= 15 is 0 Å².